The van der Waals surface area contributed by atoms with E-state index in [9.17, 15) is 4.79 Å². The summed E-state index contributed by atoms with van der Waals surface area (Å²) in [6, 6.07) is 5.77. The van der Waals surface area contributed by atoms with Crippen LogP contribution in [0.25, 0.3) is 0 Å². The lowest BCUT2D eigenvalue weighted by atomic mass is 10.2. The highest BCUT2D eigenvalue weighted by molar-refractivity contribution is 7.99. The fourth-order valence-corrected chi connectivity index (χ4v) is 2.18. The number of fused-ring (bicyclic) bond motifs is 1. The maximum Gasteiger partial charge on any atom is 0.235 e. The van der Waals surface area contributed by atoms with E-state index in [4.69, 9.17) is 9.47 Å². The summed E-state index contributed by atoms with van der Waals surface area (Å²) in [6.07, 6.45) is 1.94. The molecule has 4 nitrogen and oxygen atoms in total. The average molecular weight is 267 g/mol. The molecular weight excluding hydrogens is 250 g/mol. The second-order valence-electron chi connectivity index (χ2n) is 4.26. The molecule has 2 rings (SSSR count). The summed E-state index contributed by atoms with van der Waals surface area (Å²) in [5.74, 6) is 1.66. The van der Waals surface area contributed by atoms with Crippen LogP contribution in [0.15, 0.2) is 18.2 Å². The molecule has 1 atom stereocenters. The van der Waals surface area contributed by atoms with Gasteiger partial charge in [-0.25, -0.2) is 0 Å². The highest BCUT2D eigenvalue weighted by Crippen LogP contribution is 2.32. The Balaban J connectivity index is 2.03. The molecule has 0 saturated heterocycles. The van der Waals surface area contributed by atoms with Gasteiger partial charge in [0.05, 0.1) is 5.25 Å². The molecule has 1 aliphatic rings. The van der Waals surface area contributed by atoms with Crippen molar-refractivity contribution in [2.24, 2.45) is 0 Å². The van der Waals surface area contributed by atoms with E-state index in [1.165, 1.54) is 0 Å². The first-order valence-electron chi connectivity index (χ1n) is 5.78. The van der Waals surface area contributed by atoms with Crippen LogP contribution in [0.5, 0.6) is 11.5 Å². The summed E-state index contributed by atoms with van der Waals surface area (Å²) in [6.45, 7) is 2.78. The van der Waals surface area contributed by atoms with Gasteiger partial charge in [-0.05, 0) is 30.9 Å². The Hall–Kier alpha value is -1.36. The number of benzene rings is 1. The first kappa shape index (κ1) is 13.1. The molecule has 0 aliphatic carbocycles. The van der Waals surface area contributed by atoms with Crippen LogP contribution in [0.2, 0.25) is 0 Å². The summed E-state index contributed by atoms with van der Waals surface area (Å²) in [4.78, 5) is 13.7. The first-order valence-corrected chi connectivity index (χ1v) is 7.07. The number of carbonyl (C=O) groups is 1. The second-order valence-corrected chi connectivity index (χ2v) is 5.44. The molecule has 0 radical (unpaired) electrons. The van der Waals surface area contributed by atoms with Crippen molar-refractivity contribution in [1.82, 2.24) is 4.90 Å². The largest absolute Gasteiger partial charge is 0.454 e. The zero-order chi connectivity index (χ0) is 13.1. The predicted octanol–water partition coefficient (Wildman–Crippen LogP) is 2.13. The minimum atomic E-state index is -0.0102. The van der Waals surface area contributed by atoms with E-state index >= 15 is 0 Å². The van der Waals surface area contributed by atoms with Gasteiger partial charge in [0.25, 0.3) is 0 Å². The Morgan fingerprint density at radius 1 is 1.44 bits per heavy atom. The maximum absolute atomic E-state index is 12.0. The highest BCUT2D eigenvalue weighted by atomic mass is 32.2. The van der Waals surface area contributed by atoms with Crippen molar-refractivity contribution in [3.8, 4) is 11.5 Å². The maximum atomic E-state index is 12.0. The van der Waals surface area contributed by atoms with Crippen LogP contribution in [0.3, 0.4) is 0 Å². The Morgan fingerprint density at radius 3 is 2.89 bits per heavy atom. The summed E-state index contributed by atoms with van der Waals surface area (Å²) >= 11 is 1.56. The van der Waals surface area contributed by atoms with E-state index in [0.717, 1.165) is 17.1 Å². The van der Waals surface area contributed by atoms with Crippen molar-refractivity contribution in [3.63, 3.8) is 0 Å². The molecule has 5 heteroatoms. The van der Waals surface area contributed by atoms with Gasteiger partial charge in [-0.2, -0.15) is 11.8 Å². The fraction of sp³-hybridized carbons (Fsp3) is 0.462. The third kappa shape index (κ3) is 2.72. The van der Waals surface area contributed by atoms with Gasteiger partial charge in [-0.1, -0.05) is 6.07 Å². The molecule has 0 N–H and O–H groups in total. The quantitative estimate of drug-likeness (QED) is 0.837. The zero-order valence-corrected chi connectivity index (χ0v) is 11.6. The Bertz CT molecular complexity index is 450. The molecule has 1 amide bonds. The molecule has 0 fully saturated rings. The fourth-order valence-electron chi connectivity index (χ4n) is 1.80. The number of hydrogen-bond donors (Lipinski definition) is 0. The molecule has 1 heterocycles. The van der Waals surface area contributed by atoms with E-state index in [-0.39, 0.29) is 18.0 Å². The van der Waals surface area contributed by atoms with Gasteiger partial charge >= 0.3 is 0 Å². The van der Waals surface area contributed by atoms with Crippen molar-refractivity contribution in [1.29, 1.82) is 0 Å². The lowest BCUT2D eigenvalue weighted by molar-refractivity contribution is -0.129. The van der Waals surface area contributed by atoms with Crippen LogP contribution in [0.4, 0.5) is 0 Å². The van der Waals surface area contributed by atoms with Gasteiger partial charge in [0.1, 0.15) is 0 Å². The monoisotopic (exact) mass is 267 g/mol. The number of thioether (sulfide) groups is 1. The summed E-state index contributed by atoms with van der Waals surface area (Å²) in [5, 5.41) is -0.0102. The van der Waals surface area contributed by atoms with Crippen LogP contribution in [-0.2, 0) is 11.3 Å². The van der Waals surface area contributed by atoms with E-state index in [1.54, 1.807) is 16.7 Å². The van der Waals surface area contributed by atoms with Crippen molar-refractivity contribution in [2.45, 2.75) is 18.7 Å². The number of nitrogens with zero attached hydrogens (tertiary/aromatic N) is 1. The van der Waals surface area contributed by atoms with Crippen LogP contribution >= 0.6 is 11.8 Å². The van der Waals surface area contributed by atoms with Crippen LogP contribution in [0, 0.1) is 0 Å². The highest BCUT2D eigenvalue weighted by Gasteiger charge is 2.18. The van der Waals surface area contributed by atoms with Gasteiger partial charge in [-0.3, -0.25) is 4.79 Å². The molecule has 98 valence electrons. The number of carbonyl (C=O) groups excluding carboxylic acids is 1. The summed E-state index contributed by atoms with van der Waals surface area (Å²) < 4.78 is 10.6. The minimum absolute atomic E-state index is 0.0102. The normalized spacial score (nSPS) is 14.4. The minimum Gasteiger partial charge on any atom is -0.454 e. The molecule has 1 aromatic rings. The van der Waals surface area contributed by atoms with Crippen molar-refractivity contribution in [3.05, 3.63) is 23.8 Å². The molecular formula is C13H17NO3S. The third-order valence-corrected chi connectivity index (χ3v) is 3.84. The molecule has 0 spiro atoms. The van der Waals surface area contributed by atoms with E-state index in [0.29, 0.717) is 6.54 Å². The van der Waals surface area contributed by atoms with Gasteiger partial charge in [0.2, 0.25) is 12.7 Å². The molecule has 0 aromatic heterocycles. The number of ether oxygens (including phenoxy) is 2. The standard InChI is InChI=1S/C13H17NO3S/c1-9(18-3)13(15)14(2)7-10-4-5-11-12(6-10)17-8-16-11/h4-6,9H,7-8H2,1-3H3/t9-/m1/s1. The van der Waals surface area contributed by atoms with Gasteiger partial charge in [-0.15, -0.1) is 0 Å². The molecule has 0 bridgehead atoms. The van der Waals surface area contributed by atoms with Gasteiger partial charge in [0.15, 0.2) is 11.5 Å². The Kier molecular flexibility index (Phi) is 4.01. The molecule has 18 heavy (non-hydrogen) atoms. The van der Waals surface area contributed by atoms with Crippen LogP contribution in [0.1, 0.15) is 12.5 Å². The second kappa shape index (κ2) is 5.52. The lowest BCUT2D eigenvalue weighted by Crippen LogP contribution is -2.32. The number of amides is 1. The molecule has 0 saturated carbocycles. The Labute approximate surface area is 111 Å². The number of rotatable bonds is 4. The van der Waals surface area contributed by atoms with E-state index in [2.05, 4.69) is 0 Å². The van der Waals surface area contributed by atoms with Gasteiger partial charge in [0, 0.05) is 13.6 Å². The van der Waals surface area contributed by atoms with Crippen molar-refractivity contribution >= 4 is 17.7 Å². The summed E-state index contributed by atoms with van der Waals surface area (Å²) in [7, 11) is 1.82. The van der Waals surface area contributed by atoms with Crippen molar-refractivity contribution in [2.75, 3.05) is 20.1 Å². The zero-order valence-electron chi connectivity index (χ0n) is 10.8. The van der Waals surface area contributed by atoms with E-state index < -0.39 is 0 Å². The van der Waals surface area contributed by atoms with E-state index in [1.807, 2.05) is 38.4 Å². The average Bonchev–Trinajstić information content (AvgIpc) is 2.84. The smallest absolute Gasteiger partial charge is 0.235 e. The first-order chi connectivity index (χ1) is 8.61. The summed E-state index contributed by atoms with van der Waals surface area (Å²) in [5.41, 5.74) is 1.04. The predicted molar refractivity (Wildman–Crippen MR) is 72.0 cm³/mol. The van der Waals surface area contributed by atoms with Crippen molar-refractivity contribution < 1.29 is 14.3 Å². The van der Waals surface area contributed by atoms with Crippen LogP contribution in [-0.4, -0.2) is 36.2 Å². The van der Waals surface area contributed by atoms with Gasteiger partial charge < -0.3 is 14.4 Å². The molecule has 1 aromatic carbocycles. The SMILES string of the molecule is CS[C@H](C)C(=O)N(C)Cc1ccc2c(c1)OCO2. The van der Waals surface area contributed by atoms with Crippen LogP contribution < -0.4 is 9.47 Å². The third-order valence-electron chi connectivity index (χ3n) is 2.93. The topological polar surface area (TPSA) is 38.8 Å². The number of hydrogen-bond acceptors (Lipinski definition) is 4. The Morgan fingerprint density at radius 2 is 2.17 bits per heavy atom. The molecule has 1 aliphatic heterocycles. The molecule has 0 unspecified atom stereocenters. The lowest BCUT2D eigenvalue weighted by Gasteiger charge is -2.20.